The van der Waals surface area contributed by atoms with Gasteiger partial charge in [0, 0.05) is 18.5 Å². The molecule has 1 N–H and O–H groups in total. The van der Waals surface area contributed by atoms with Crippen molar-refractivity contribution in [2.24, 2.45) is 13.0 Å². The maximum Gasteiger partial charge on any atom is 0.274 e. The Morgan fingerprint density at radius 1 is 1.26 bits per heavy atom. The van der Waals surface area contributed by atoms with Crippen molar-refractivity contribution >= 4 is 16.7 Å². The minimum absolute atomic E-state index is 0.0138. The Labute approximate surface area is 135 Å². The third-order valence-electron chi connectivity index (χ3n) is 4.82. The lowest BCUT2D eigenvalue weighted by molar-refractivity contribution is -0.121. The van der Waals surface area contributed by atoms with Gasteiger partial charge in [-0.15, -0.1) is 0 Å². The highest BCUT2D eigenvalue weighted by atomic mass is 16.2. The highest BCUT2D eigenvalue weighted by molar-refractivity contribution is 5.88. The van der Waals surface area contributed by atoms with Crippen molar-refractivity contribution in [3.05, 3.63) is 40.3 Å². The Morgan fingerprint density at radius 3 is 2.70 bits per heavy atom. The first-order valence-corrected chi connectivity index (χ1v) is 8.30. The fourth-order valence-corrected chi connectivity index (χ4v) is 3.45. The topological polar surface area (TPSA) is 64.0 Å². The number of nitrogens with zero attached hydrogens (tertiary/aromatic N) is 2. The first kappa shape index (κ1) is 15.7. The molecule has 2 atom stereocenters. The van der Waals surface area contributed by atoms with Crippen LogP contribution in [-0.2, 0) is 18.3 Å². The number of fused-ring (bicyclic) bond motifs is 1. The van der Waals surface area contributed by atoms with E-state index in [1.165, 1.54) is 23.9 Å². The molecule has 1 aliphatic carbocycles. The standard InChI is InChI=1S/C18H23N3O2/c1-12-7-3-6-10-15(12)19-17(22)11-16-13-8-4-5-9-14(13)18(23)21(2)20-16/h4-5,8-9,12,15H,3,6-7,10-11H2,1-2H3,(H,19,22)/t12-,15-/m1/s1. The summed E-state index contributed by atoms with van der Waals surface area (Å²) < 4.78 is 1.31. The van der Waals surface area contributed by atoms with Gasteiger partial charge < -0.3 is 5.32 Å². The summed E-state index contributed by atoms with van der Waals surface area (Å²) >= 11 is 0. The number of aromatic nitrogens is 2. The molecule has 23 heavy (non-hydrogen) atoms. The number of nitrogens with one attached hydrogen (secondary N) is 1. The summed E-state index contributed by atoms with van der Waals surface area (Å²) in [5.41, 5.74) is 0.523. The smallest absolute Gasteiger partial charge is 0.274 e. The first-order chi connectivity index (χ1) is 11.1. The van der Waals surface area contributed by atoms with Gasteiger partial charge in [0.2, 0.25) is 5.91 Å². The number of hydrogen-bond donors (Lipinski definition) is 1. The Morgan fingerprint density at radius 2 is 1.96 bits per heavy atom. The van der Waals surface area contributed by atoms with Crippen LogP contribution in [0.25, 0.3) is 10.8 Å². The maximum atomic E-state index is 12.4. The lowest BCUT2D eigenvalue weighted by Gasteiger charge is -2.29. The summed E-state index contributed by atoms with van der Waals surface area (Å²) in [4.78, 5) is 24.6. The van der Waals surface area contributed by atoms with E-state index in [1.54, 1.807) is 13.1 Å². The molecule has 122 valence electrons. The van der Waals surface area contributed by atoms with Gasteiger partial charge in [-0.05, 0) is 24.8 Å². The van der Waals surface area contributed by atoms with Crippen LogP contribution in [0.15, 0.2) is 29.1 Å². The lowest BCUT2D eigenvalue weighted by Crippen LogP contribution is -2.42. The van der Waals surface area contributed by atoms with Gasteiger partial charge in [-0.2, -0.15) is 5.10 Å². The van der Waals surface area contributed by atoms with Crippen LogP contribution in [0.1, 0.15) is 38.3 Å². The van der Waals surface area contributed by atoms with Crippen LogP contribution in [0.5, 0.6) is 0 Å². The number of hydrogen-bond acceptors (Lipinski definition) is 3. The van der Waals surface area contributed by atoms with Gasteiger partial charge in [-0.25, -0.2) is 4.68 Å². The second-order valence-electron chi connectivity index (χ2n) is 6.53. The molecule has 3 rings (SSSR count). The van der Waals surface area contributed by atoms with E-state index in [9.17, 15) is 9.59 Å². The van der Waals surface area contributed by atoms with Crippen LogP contribution in [0.3, 0.4) is 0 Å². The van der Waals surface area contributed by atoms with Crippen molar-refractivity contribution in [3.63, 3.8) is 0 Å². The Kier molecular flexibility index (Phi) is 4.46. The quantitative estimate of drug-likeness (QED) is 0.944. The second kappa shape index (κ2) is 6.52. The second-order valence-corrected chi connectivity index (χ2v) is 6.53. The number of amides is 1. The average Bonchev–Trinajstić information content (AvgIpc) is 2.54. The predicted molar refractivity (Wildman–Crippen MR) is 90.3 cm³/mol. The minimum Gasteiger partial charge on any atom is -0.353 e. The molecule has 0 radical (unpaired) electrons. The summed E-state index contributed by atoms with van der Waals surface area (Å²) in [5, 5.41) is 8.82. The van der Waals surface area contributed by atoms with E-state index in [0.29, 0.717) is 17.0 Å². The van der Waals surface area contributed by atoms with Crippen molar-refractivity contribution in [2.45, 2.75) is 45.1 Å². The molecule has 0 unspecified atom stereocenters. The first-order valence-electron chi connectivity index (χ1n) is 8.30. The zero-order valence-corrected chi connectivity index (χ0v) is 13.7. The molecule has 0 spiro atoms. The number of aryl methyl sites for hydroxylation is 1. The van der Waals surface area contributed by atoms with Crippen molar-refractivity contribution in [1.29, 1.82) is 0 Å². The molecule has 5 nitrogen and oxygen atoms in total. The number of carbonyl (C=O) groups excluding carboxylic acids is 1. The predicted octanol–water partition coefficient (Wildman–Crippen LogP) is 2.17. The van der Waals surface area contributed by atoms with Gasteiger partial charge in [-0.3, -0.25) is 9.59 Å². The van der Waals surface area contributed by atoms with Crippen LogP contribution in [0, 0.1) is 5.92 Å². The number of rotatable bonds is 3. The van der Waals surface area contributed by atoms with Crippen LogP contribution >= 0.6 is 0 Å². The molecule has 0 aliphatic heterocycles. The van der Waals surface area contributed by atoms with Crippen molar-refractivity contribution < 1.29 is 4.79 Å². The molecule has 1 amide bonds. The molecule has 0 bridgehead atoms. The maximum absolute atomic E-state index is 12.4. The van der Waals surface area contributed by atoms with Crippen LogP contribution in [0.2, 0.25) is 0 Å². The molecule has 0 saturated heterocycles. The Hall–Kier alpha value is -2.17. The summed E-state index contributed by atoms with van der Waals surface area (Å²) in [6.45, 7) is 2.20. The summed E-state index contributed by atoms with van der Waals surface area (Å²) in [5.74, 6) is 0.512. The third-order valence-corrected chi connectivity index (χ3v) is 4.82. The summed E-state index contributed by atoms with van der Waals surface area (Å²) in [6, 6.07) is 7.60. The highest BCUT2D eigenvalue weighted by Gasteiger charge is 2.23. The third kappa shape index (κ3) is 3.28. The van der Waals surface area contributed by atoms with Gasteiger partial charge in [-0.1, -0.05) is 38.0 Å². The molecule has 1 aliphatic rings. The molecule has 5 heteroatoms. The number of benzene rings is 1. The Balaban J connectivity index is 1.82. The Bertz CT molecular complexity index is 781. The minimum atomic E-state index is -0.134. The SMILES string of the molecule is C[C@@H]1CCCC[C@H]1NC(=O)Cc1nn(C)c(=O)c2ccccc12. The van der Waals surface area contributed by atoms with Crippen molar-refractivity contribution in [1.82, 2.24) is 15.1 Å². The van der Waals surface area contributed by atoms with Gasteiger partial charge in [0.25, 0.3) is 5.56 Å². The number of carbonyl (C=O) groups is 1. The molecule has 2 aromatic rings. The lowest BCUT2D eigenvalue weighted by atomic mass is 9.86. The van der Waals surface area contributed by atoms with E-state index in [1.807, 2.05) is 18.2 Å². The molecular weight excluding hydrogens is 290 g/mol. The van der Waals surface area contributed by atoms with E-state index in [4.69, 9.17) is 0 Å². The summed E-state index contributed by atoms with van der Waals surface area (Å²) in [7, 11) is 1.62. The molecule has 1 heterocycles. The molecule has 1 saturated carbocycles. The monoisotopic (exact) mass is 313 g/mol. The van der Waals surface area contributed by atoms with E-state index < -0.39 is 0 Å². The van der Waals surface area contributed by atoms with Gasteiger partial charge in [0.15, 0.2) is 0 Å². The average molecular weight is 313 g/mol. The van der Waals surface area contributed by atoms with Crippen LogP contribution in [-0.4, -0.2) is 21.7 Å². The summed E-state index contributed by atoms with van der Waals surface area (Å²) in [6.07, 6.45) is 4.86. The van der Waals surface area contributed by atoms with Crippen LogP contribution < -0.4 is 10.9 Å². The van der Waals surface area contributed by atoms with E-state index in [-0.39, 0.29) is 23.9 Å². The van der Waals surface area contributed by atoms with Crippen LogP contribution in [0.4, 0.5) is 0 Å². The molecule has 1 aromatic carbocycles. The van der Waals surface area contributed by atoms with Crippen molar-refractivity contribution in [2.75, 3.05) is 0 Å². The fraction of sp³-hybridized carbons (Fsp3) is 0.500. The molecule has 1 aromatic heterocycles. The normalized spacial score (nSPS) is 21.3. The fourth-order valence-electron chi connectivity index (χ4n) is 3.45. The van der Waals surface area contributed by atoms with Gasteiger partial charge in [0.1, 0.15) is 0 Å². The van der Waals surface area contributed by atoms with Crippen molar-refractivity contribution in [3.8, 4) is 0 Å². The molecular formula is C18H23N3O2. The van der Waals surface area contributed by atoms with E-state index >= 15 is 0 Å². The van der Waals surface area contributed by atoms with Gasteiger partial charge in [0.05, 0.1) is 17.5 Å². The van der Waals surface area contributed by atoms with Gasteiger partial charge >= 0.3 is 0 Å². The van der Waals surface area contributed by atoms with E-state index in [2.05, 4.69) is 17.3 Å². The van der Waals surface area contributed by atoms with E-state index in [0.717, 1.165) is 11.8 Å². The largest absolute Gasteiger partial charge is 0.353 e. The zero-order chi connectivity index (χ0) is 16.4. The molecule has 1 fully saturated rings. The highest BCUT2D eigenvalue weighted by Crippen LogP contribution is 2.24. The zero-order valence-electron chi connectivity index (χ0n) is 13.7.